The van der Waals surface area contributed by atoms with Crippen molar-refractivity contribution >= 4 is 28.9 Å². The third-order valence-electron chi connectivity index (χ3n) is 7.06. The van der Waals surface area contributed by atoms with Crippen LogP contribution in [0.3, 0.4) is 0 Å². The average molecular weight is 403 g/mol. The van der Waals surface area contributed by atoms with Crippen molar-refractivity contribution in [2.24, 2.45) is 11.8 Å². The molecule has 0 spiro atoms. The van der Waals surface area contributed by atoms with Gasteiger partial charge in [-0.1, -0.05) is 35.9 Å². The number of amides is 1. The summed E-state index contributed by atoms with van der Waals surface area (Å²) in [6.07, 6.45) is 11.6. The van der Waals surface area contributed by atoms with E-state index < -0.39 is 0 Å². The maximum absolute atomic E-state index is 13.1. The number of allylic oxidation sites excluding steroid dienone is 4. The van der Waals surface area contributed by atoms with Gasteiger partial charge in [0.1, 0.15) is 0 Å². The molecule has 0 bridgehead atoms. The van der Waals surface area contributed by atoms with Crippen LogP contribution in [0.1, 0.15) is 46.2 Å². The maximum Gasteiger partial charge on any atom is 0.255 e. The van der Waals surface area contributed by atoms with E-state index in [0.717, 1.165) is 37.2 Å². The lowest BCUT2D eigenvalue weighted by Gasteiger charge is -2.46. The number of fused-ring (bicyclic) bond motifs is 4. The van der Waals surface area contributed by atoms with E-state index in [4.69, 9.17) is 11.6 Å². The average Bonchev–Trinajstić information content (AvgIpc) is 3.39. The molecule has 0 unspecified atom stereocenters. The van der Waals surface area contributed by atoms with Crippen LogP contribution in [-0.4, -0.2) is 19.0 Å². The number of carbonyl (C=O) groups is 1. The first-order chi connectivity index (χ1) is 14.2. The second kappa shape index (κ2) is 6.50. The number of nitrogens with zero attached hydrogens (tertiary/aromatic N) is 1. The Bertz CT molecular complexity index is 1000. The molecule has 2 aromatic carbocycles. The molecule has 0 saturated heterocycles. The van der Waals surface area contributed by atoms with Crippen LogP contribution >= 0.6 is 11.6 Å². The Kier molecular flexibility index (Phi) is 3.89. The van der Waals surface area contributed by atoms with Crippen LogP contribution in [-0.2, 0) is 0 Å². The fourth-order valence-electron chi connectivity index (χ4n) is 5.74. The highest BCUT2D eigenvalue weighted by molar-refractivity contribution is 6.30. The lowest BCUT2D eigenvalue weighted by Crippen LogP contribution is -2.43. The largest absolute Gasteiger partial charge is 0.370 e. The van der Waals surface area contributed by atoms with E-state index in [9.17, 15) is 4.79 Å². The molecule has 2 heterocycles. The molecule has 2 aromatic rings. The summed E-state index contributed by atoms with van der Waals surface area (Å²) < 4.78 is 0. The van der Waals surface area contributed by atoms with E-state index in [1.807, 2.05) is 12.1 Å². The van der Waals surface area contributed by atoms with Crippen molar-refractivity contribution in [3.63, 3.8) is 0 Å². The molecule has 0 radical (unpaired) electrons. The summed E-state index contributed by atoms with van der Waals surface area (Å²) in [6.45, 7) is 2.27. The Morgan fingerprint density at radius 2 is 1.52 bits per heavy atom. The van der Waals surface area contributed by atoms with Crippen LogP contribution in [0, 0.1) is 11.8 Å². The van der Waals surface area contributed by atoms with Gasteiger partial charge in [0.05, 0.1) is 0 Å². The first-order valence-corrected chi connectivity index (χ1v) is 10.9. The molecule has 0 saturated carbocycles. The Morgan fingerprint density at radius 1 is 0.931 bits per heavy atom. The van der Waals surface area contributed by atoms with Gasteiger partial charge in [0.15, 0.2) is 0 Å². The fraction of sp³-hybridized carbons (Fsp3) is 0.320. The van der Waals surface area contributed by atoms with Crippen molar-refractivity contribution in [1.82, 2.24) is 0 Å². The Labute approximate surface area is 176 Å². The molecule has 146 valence electrons. The second-order valence-corrected chi connectivity index (χ2v) is 9.21. The van der Waals surface area contributed by atoms with E-state index in [1.165, 1.54) is 16.8 Å². The third-order valence-corrected chi connectivity index (χ3v) is 7.31. The summed E-state index contributed by atoms with van der Waals surface area (Å²) >= 11 is 5.98. The molecule has 4 heteroatoms. The van der Waals surface area contributed by atoms with Gasteiger partial charge in [0, 0.05) is 46.9 Å². The van der Waals surface area contributed by atoms with E-state index in [0.29, 0.717) is 28.7 Å². The number of hydrogen-bond donors (Lipinski definition) is 1. The second-order valence-electron chi connectivity index (χ2n) is 8.77. The fourth-order valence-corrected chi connectivity index (χ4v) is 5.87. The van der Waals surface area contributed by atoms with Crippen molar-refractivity contribution in [2.75, 3.05) is 23.3 Å². The first kappa shape index (κ1) is 17.3. The van der Waals surface area contributed by atoms with Crippen molar-refractivity contribution in [2.45, 2.75) is 24.7 Å². The minimum atomic E-state index is -0.0499. The van der Waals surface area contributed by atoms with Crippen LogP contribution in [0.4, 0.5) is 11.4 Å². The Hall–Kier alpha value is -2.52. The SMILES string of the molecule is O=C(Nc1ccc(Cl)cc1)c1cc2c3c(c1)[C@@H]1C=CC[C@@H]1CN3C[C@@H]1CC=C[C@H]21. The molecular formula is C25H23ClN2O. The van der Waals surface area contributed by atoms with E-state index in [2.05, 4.69) is 46.7 Å². The summed E-state index contributed by atoms with van der Waals surface area (Å²) in [4.78, 5) is 15.7. The van der Waals surface area contributed by atoms with E-state index in [-0.39, 0.29) is 5.91 Å². The Balaban J connectivity index is 1.44. The van der Waals surface area contributed by atoms with Gasteiger partial charge in [-0.3, -0.25) is 4.79 Å². The van der Waals surface area contributed by atoms with E-state index >= 15 is 0 Å². The highest BCUT2D eigenvalue weighted by Gasteiger charge is 2.42. The number of halogens is 1. The minimum absolute atomic E-state index is 0.0499. The van der Waals surface area contributed by atoms with Crippen molar-refractivity contribution in [3.8, 4) is 0 Å². The molecular weight excluding hydrogens is 380 g/mol. The van der Waals surface area contributed by atoms with Crippen LogP contribution in [0.2, 0.25) is 5.02 Å². The zero-order valence-corrected chi connectivity index (χ0v) is 16.9. The van der Waals surface area contributed by atoms with Gasteiger partial charge in [-0.05, 0) is 72.2 Å². The molecule has 2 aliphatic heterocycles. The predicted molar refractivity (Wildman–Crippen MR) is 118 cm³/mol. The highest BCUT2D eigenvalue weighted by atomic mass is 35.5. The maximum atomic E-state index is 13.1. The van der Waals surface area contributed by atoms with Crippen LogP contribution in [0.5, 0.6) is 0 Å². The van der Waals surface area contributed by atoms with Crippen molar-refractivity contribution in [3.05, 3.63) is 82.4 Å². The third kappa shape index (κ3) is 2.75. The van der Waals surface area contributed by atoms with Gasteiger partial charge in [0.2, 0.25) is 0 Å². The number of nitrogens with one attached hydrogen (secondary N) is 1. The molecule has 3 nitrogen and oxygen atoms in total. The first-order valence-electron chi connectivity index (χ1n) is 10.5. The summed E-state index contributed by atoms with van der Waals surface area (Å²) in [5, 5.41) is 3.71. The topological polar surface area (TPSA) is 32.3 Å². The standard InChI is InChI=1S/C25H23ClN2O/c26-18-7-9-19(10-8-18)27-25(29)17-11-22-20-5-1-3-15(20)13-28-14-16-4-2-6-21(16)23(12-17)24(22)28/h1-2,5-12,15-16,20-21H,3-4,13-14H2,(H,27,29)/t15-,16+,20-,21+. The van der Waals surface area contributed by atoms with E-state index in [1.54, 1.807) is 12.1 Å². The number of rotatable bonds is 2. The smallest absolute Gasteiger partial charge is 0.255 e. The number of hydrogen-bond acceptors (Lipinski definition) is 2. The summed E-state index contributed by atoms with van der Waals surface area (Å²) in [5.74, 6) is 2.09. The normalized spacial score (nSPS) is 28.1. The van der Waals surface area contributed by atoms with Crippen LogP contribution in [0.25, 0.3) is 0 Å². The van der Waals surface area contributed by atoms with Gasteiger partial charge in [-0.25, -0.2) is 0 Å². The van der Waals surface area contributed by atoms with Crippen molar-refractivity contribution < 1.29 is 4.79 Å². The van der Waals surface area contributed by atoms with Gasteiger partial charge in [-0.15, -0.1) is 0 Å². The van der Waals surface area contributed by atoms with Crippen LogP contribution in [0.15, 0.2) is 60.7 Å². The zero-order chi connectivity index (χ0) is 19.5. The van der Waals surface area contributed by atoms with Gasteiger partial charge >= 0.3 is 0 Å². The number of benzene rings is 2. The summed E-state index contributed by atoms with van der Waals surface area (Å²) in [6, 6.07) is 11.6. The summed E-state index contributed by atoms with van der Waals surface area (Å²) in [5.41, 5.74) is 5.61. The molecule has 1 amide bonds. The monoisotopic (exact) mass is 402 g/mol. The number of carbonyl (C=O) groups excluding carboxylic acids is 1. The summed E-state index contributed by atoms with van der Waals surface area (Å²) in [7, 11) is 0. The van der Waals surface area contributed by atoms with Gasteiger partial charge in [0.25, 0.3) is 5.91 Å². The molecule has 0 aromatic heterocycles. The molecule has 4 aliphatic rings. The number of anilines is 2. The molecule has 4 atom stereocenters. The quantitative estimate of drug-likeness (QED) is 0.649. The van der Waals surface area contributed by atoms with Crippen molar-refractivity contribution in [1.29, 1.82) is 0 Å². The molecule has 2 aliphatic carbocycles. The zero-order valence-electron chi connectivity index (χ0n) is 16.1. The predicted octanol–water partition coefficient (Wildman–Crippen LogP) is 5.75. The minimum Gasteiger partial charge on any atom is -0.370 e. The molecule has 6 rings (SSSR count). The lowest BCUT2D eigenvalue weighted by atomic mass is 9.74. The highest BCUT2D eigenvalue weighted by Crippen LogP contribution is 2.53. The van der Waals surface area contributed by atoms with Crippen LogP contribution < -0.4 is 10.2 Å². The molecule has 29 heavy (non-hydrogen) atoms. The van der Waals surface area contributed by atoms with Gasteiger partial charge < -0.3 is 10.2 Å². The lowest BCUT2D eigenvalue weighted by molar-refractivity contribution is 0.102. The Morgan fingerprint density at radius 3 is 2.10 bits per heavy atom. The molecule has 1 N–H and O–H groups in total. The van der Waals surface area contributed by atoms with Gasteiger partial charge in [-0.2, -0.15) is 0 Å². The molecule has 0 fully saturated rings.